The number of carbonyl (C=O) groups excluding carboxylic acids is 4. The van der Waals surface area contributed by atoms with E-state index in [2.05, 4.69) is 55.4 Å². The van der Waals surface area contributed by atoms with Gasteiger partial charge in [0.05, 0.1) is 26.4 Å². The van der Waals surface area contributed by atoms with Gasteiger partial charge in [0, 0.05) is 25.7 Å². The van der Waals surface area contributed by atoms with Crippen molar-refractivity contribution < 1.29 is 80.2 Å². The van der Waals surface area contributed by atoms with Gasteiger partial charge in [-0.2, -0.15) is 0 Å². The summed E-state index contributed by atoms with van der Waals surface area (Å²) in [5.74, 6) is 1.06. The Morgan fingerprint density at radius 1 is 0.259 bits per heavy atom. The average Bonchev–Trinajstić information content (AvgIpc) is 0.899. The Hall–Kier alpha value is -1.94. The Morgan fingerprint density at radius 2 is 0.444 bits per heavy atom. The fraction of sp³-hybridized carbons (Fsp3) is 0.955. The minimum atomic E-state index is -4.97. The number of hydrogen-bond donors (Lipinski definition) is 3. The molecule has 0 fully saturated rings. The number of ether oxygens (including phenoxy) is 4. The number of carbonyl (C=O) groups is 4. The molecule has 0 spiro atoms. The van der Waals surface area contributed by atoms with Crippen molar-refractivity contribution in [2.24, 2.45) is 23.7 Å². The van der Waals surface area contributed by atoms with Gasteiger partial charge in [-0.3, -0.25) is 37.3 Å². The van der Waals surface area contributed by atoms with Crippen molar-refractivity contribution >= 4 is 39.5 Å². The van der Waals surface area contributed by atoms with Crippen LogP contribution in [0.15, 0.2) is 0 Å². The van der Waals surface area contributed by atoms with Gasteiger partial charge in [-0.05, 0) is 49.4 Å². The topological polar surface area (TPSA) is 237 Å². The number of phosphoric acid groups is 2. The zero-order valence-electron chi connectivity index (χ0n) is 71.5. The molecule has 0 rings (SSSR count). The highest BCUT2D eigenvalue weighted by Gasteiger charge is 2.31. The number of phosphoric ester groups is 2. The quantitative estimate of drug-likeness (QED) is 0.0222. The molecule has 0 heterocycles. The minimum absolute atomic E-state index is 0.107. The molecule has 642 valence electrons. The van der Waals surface area contributed by atoms with Gasteiger partial charge in [0.2, 0.25) is 0 Å². The summed E-state index contributed by atoms with van der Waals surface area (Å²) < 4.78 is 69.0. The zero-order chi connectivity index (χ0) is 79.5. The summed E-state index contributed by atoms with van der Waals surface area (Å²) in [5.41, 5.74) is 0. The minimum Gasteiger partial charge on any atom is -0.462 e. The second-order valence-corrected chi connectivity index (χ2v) is 36.6. The molecule has 0 aliphatic carbocycles. The van der Waals surface area contributed by atoms with Crippen LogP contribution in [0.5, 0.6) is 0 Å². The molecule has 0 aromatic rings. The van der Waals surface area contributed by atoms with Crippen LogP contribution in [0.25, 0.3) is 0 Å². The Morgan fingerprint density at radius 3 is 0.657 bits per heavy atom. The lowest BCUT2D eigenvalue weighted by Gasteiger charge is -2.21. The standard InChI is InChI=1S/C89H174O17P2/c1-9-82(8)68-60-52-47-48-54-62-70-87(92)100-76-85(106-89(94)72-63-55-45-39-33-27-21-15-14-18-24-30-36-42-50-58-66-80(4)5)78-104-108(97,98)102-74-83(90)73-101-107(95,96)103-77-84(105-88(93)71-64-56-46-40-34-28-22-16-19-25-31-37-43-51-59-67-81(6)7)75-99-86(91)69-61-53-44-38-32-26-20-13-11-10-12-17-23-29-35-41-49-57-65-79(2)3/h79-85,90H,9-78H2,1-8H3,(H,95,96)(H,97,98)/t82?,83-,84-,85-/m1/s1. The highest BCUT2D eigenvalue weighted by molar-refractivity contribution is 7.47. The van der Waals surface area contributed by atoms with Crippen molar-refractivity contribution in [1.29, 1.82) is 0 Å². The molecule has 0 radical (unpaired) electrons. The van der Waals surface area contributed by atoms with Crippen LogP contribution in [0.3, 0.4) is 0 Å². The second kappa shape index (κ2) is 77.6. The first kappa shape index (κ1) is 106. The summed E-state index contributed by atoms with van der Waals surface area (Å²) in [6.45, 7) is 14.4. The molecule has 3 unspecified atom stereocenters. The van der Waals surface area contributed by atoms with Gasteiger partial charge in [-0.1, -0.05) is 415 Å². The molecule has 3 N–H and O–H groups in total. The number of aliphatic hydroxyl groups excluding tert-OH is 1. The lowest BCUT2D eigenvalue weighted by Crippen LogP contribution is -2.30. The van der Waals surface area contributed by atoms with Gasteiger partial charge in [-0.15, -0.1) is 0 Å². The van der Waals surface area contributed by atoms with E-state index in [1.54, 1.807) is 0 Å². The first-order chi connectivity index (χ1) is 52.1. The highest BCUT2D eigenvalue weighted by atomic mass is 31.2. The van der Waals surface area contributed by atoms with E-state index in [0.717, 1.165) is 120 Å². The number of rotatable bonds is 86. The first-order valence-corrected chi connectivity index (χ1v) is 48.7. The van der Waals surface area contributed by atoms with Crippen LogP contribution in [0.2, 0.25) is 0 Å². The summed E-state index contributed by atoms with van der Waals surface area (Å²) >= 11 is 0. The molecule has 17 nitrogen and oxygen atoms in total. The summed E-state index contributed by atoms with van der Waals surface area (Å²) in [4.78, 5) is 73.3. The number of esters is 4. The summed E-state index contributed by atoms with van der Waals surface area (Å²) in [5, 5.41) is 10.7. The molecule has 0 bridgehead atoms. The summed E-state index contributed by atoms with van der Waals surface area (Å²) in [6, 6.07) is 0. The normalized spacial score (nSPS) is 14.1. The van der Waals surface area contributed by atoms with Crippen LogP contribution in [0, 0.1) is 23.7 Å². The third-order valence-electron chi connectivity index (χ3n) is 21.2. The predicted molar refractivity (Wildman–Crippen MR) is 446 cm³/mol. The SMILES string of the molecule is CCC(C)CCCCCCCCC(=O)OC[C@H](COP(=O)(O)OC[C@H](O)COP(=O)(O)OC[C@@H](COC(=O)CCCCCCCCCCCCCCCCCCCCC(C)C)OC(=O)CCCCCCCCCCCCCCCCCC(C)C)OC(=O)CCCCCCCCCCCCCCCCCCC(C)C. The van der Waals surface area contributed by atoms with Crippen molar-refractivity contribution in [1.82, 2.24) is 0 Å². The van der Waals surface area contributed by atoms with Gasteiger partial charge >= 0.3 is 39.5 Å². The summed E-state index contributed by atoms with van der Waals surface area (Å²) in [7, 11) is -9.93. The molecule has 0 amide bonds. The van der Waals surface area contributed by atoms with Gasteiger partial charge in [-0.25, -0.2) is 9.13 Å². The Labute approximate surface area is 664 Å². The molecule has 0 saturated carbocycles. The Kier molecular flexibility index (Phi) is 76.2. The van der Waals surface area contributed by atoms with Crippen LogP contribution in [-0.4, -0.2) is 96.7 Å². The smallest absolute Gasteiger partial charge is 0.462 e. The van der Waals surface area contributed by atoms with Gasteiger partial charge in [0.1, 0.15) is 19.3 Å². The molecule has 0 aliphatic heterocycles. The van der Waals surface area contributed by atoms with Gasteiger partial charge in [0.25, 0.3) is 0 Å². The maximum Gasteiger partial charge on any atom is 0.472 e. The number of hydrogen-bond acceptors (Lipinski definition) is 15. The van der Waals surface area contributed by atoms with E-state index in [1.165, 1.54) is 263 Å². The van der Waals surface area contributed by atoms with Gasteiger partial charge < -0.3 is 33.8 Å². The molecule has 0 aromatic carbocycles. The van der Waals surface area contributed by atoms with Crippen LogP contribution >= 0.6 is 15.6 Å². The number of unbranched alkanes of at least 4 members (excludes halogenated alkanes) is 51. The molecule has 108 heavy (non-hydrogen) atoms. The van der Waals surface area contributed by atoms with Crippen LogP contribution in [-0.2, 0) is 65.4 Å². The second-order valence-electron chi connectivity index (χ2n) is 33.7. The van der Waals surface area contributed by atoms with Gasteiger partial charge in [0.15, 0.2) is 12.2 Å². The Balaban J connectivity index is 5.22. The lowest BCUT2D eigenvalue weighted by atomic mass is 10.00. The van der Waals surface area contributed by atoms with E-state index in [4.69, 9.17) is 37.0 Å². The maximum atomic E-state index is 13.2. The first-order valence-electron chi connectivity index (χ1n) is 45.7. The molecular formula is C89H174O17P2. The average molecular weight is 1580 g/mol. The highest BCUT2D eigenvalue weighted by Crippen LogP contribution is 2.45. The third kappa shape index (κ3) is 80.7. The van der Waals surface area contributed by atoms with Crippen LogP contribution in [0.4, 0.5) is 0 Å². The van der Waals surface area contributed by atoms with Crippen LogP contribution in [0.1, 0.15) is 466 Å². The molecular weight excluding hydrogens is 1400 g/mol. The van der Waals surface area contributed by atoms with E-state index in [1.807, 2.05) is 0 Å². The fourth-order valence-electron chi connectivity index (χ4n) is 13.8. The molecule has 19 heteroatoms. The molecule has 6 atom stereocenters. The molecule has 0 aliphatic rings. The maximum absolute atomic E-state index is 13.2. The van der Waals surface area contributed by atoms with E-state index < -0.39 is 97.5 Å². The van der Waals surface area contributed by atoms with Crippen molar-refractivity contribution in [3.8, 4) is 0 Å². The lowest BCUT2D eigenvalue weighted by molar-refractivity contribution is -0.161. The monoisotopic (exact) mass is 1580 g/mol. The van der Waals surface area contributed by atoms with Crippen LogP contribution < -0.4 is 0 Å². The van der Waals surface area contributed by atoms with Crippen molar-refractivity contribution in [2.75, 3.05) is 39.6 Å². The van der Waals surface area contributed by atoms with E-state index >= 15 is 0 Å². The van der Waals surface area contributed by atoms with Crippen molar-refractivity contribution in [3.05, 3.63) is 0 Å². The molecule has 0 saturated heterocycles. The Bertz CT molecular complexity index is 2100. The van der Waals surface area contributed by atoms with E-state index in [-0.39, 0.29) is 25.7 Å². The predicted octanol–water partition coefficient (Wildman–Crippen LogP) is 27.1. The fourth-order valence-corrected chi connectivity index (χ4v) is 15.4. The third-order valence-corrected chi connectivity index (χ3v) is 23.1. The zero-order valence-corrected chi connectivity index (χ0v) is 73.3. The van der Waals surface area contributed by atoms with Crippen molar-refractivity contribution in [2.45, 2.75) is 485 Å². The van der Waals surface area contributed by atoms with E-state index in [0.29, 0.717) is 25.7 Å². The molecule has 0 aromatic heterocycles. The largest absolute Gasteiger partial charge is 0.472 e. The van der Waals surface area contributed by atoms with E-state index in [9.17, 15) is 43.2 Å². The number of aliphatic hydroxyl groups is 1. The van der Waals surface area contributed by atoms with Crippen molar-refractivity contribution in [3.63, 3.8) is 0 Å². The summed E-state index contributed by atoms with van der Waals surface area (Å²) in [6.07, 6.45) is 68.1.